The molecule has 0 aromatic carbocycles. The zero-order chi connectivity index (χ0) is 14.3. The average molecular weight is 271 g/mol. The van der Waals surface area contributed by atoms with Gasteiger partial charge in [0.05, 0.1) is 6.10 Å². The molecule has 1 heterocycles. The van der Waals surface area contributed by atoms with Crippen molar-refractivity contribution >= 4 is 5.91 Å². The first-order valence-electron chi connectivity index (χ1n) is 7.62. The van der Waals surface area contributed by atoms with E-state index >= 15 is 0 Å². The molecule has 1 unspecified atom stereocenters. The summed E-state index contributed by atoms with van der Waals surface area (Å²) < 4.78 is 5.27. The average Bonchev–Trinajstić information content (AvgIpc) is 3.16. The predicted molar refractivity (Wildman–Crippen MR) is 76.0 cm³/mol. The van der Waals surface area contributed by atoms with E-state index in [-0.39, 0.29) is 12.0 Å². The summed E-state index contributed by atoms with van der Waals surface area (Å²) >= 11 is 0. The summed E-state index contributed by atoms with van der Waals surface area (Å²) in [5.74, 6) is -0.0383. The Morgan fingerprint density at radius 1 is 1.16 bits per heavy atom. The number of likely N-dealkylation sites (N-methyl/N-ethyl adjacent to an activating group) is 1. The van der Waals surface area contributed by atoms with Crippen molar-refractivity contribution in [2.24, 2.45) is 0 Å². The third-order valence-electron chi connectivity index (χ3n) is 3.69. The predicted octanol–water partition coefficient (Wildman–Crippen LogP) is 2.34. The van der Waals surface area contributed by atoms with E-state index in [2.05, 4.69) is 6.92 Å². The van der Waals surface area contributed by atoms with Crippen LogP contribution in [0.2, 0.25) is 0 Å². The highest BCUT2D eigenvalue weighted by atomic mass is 16.6. The van der Waals surface area contributed by atoms with Gasteiger partial charge in [0, 0.05) is 14.1 Å². The number of aliphatic hydroxyl groups excluding tert-OH is 1. The fourth-order valence-corrected chi connectivity index (χ4v) is 2.34. The van der Waals surface area contributed by atoms with Crippen molar-refractivity contribution in [1.29, 1.82) is 0 Å². The Hall–Kier alpha value is -0.610. The first-order valence-corrected chi connectivity index (χ1v) is 7.62. The van der Waals surface area contributed by atoms with Gasteiger partial charge in [-0.2, -0.15) is 0 Å². The Balaban J connectivity index is 2.01. The van der Waals surface area contributed by atoms with E-state index in [0.29, 0.717) is 0 Å². The van der Waals surface area contributed by atoms with Gasteiger partial charge >= 0.3 is 0 Å². The van der Waals surface area contributed by atoms with Crippen LogP contribution in [-0.2, 0) is 9.53 Å². The topological polar surface area (TPSA) is 53.1 Å². The number of hydrogen-bond acceptors (Lipinski definition) is 3. The van der Waals surface area contributed by atoms with Crippen LogP contribution >= 0.6 is 0 Å². The van der Waals surface area contributed by atoms with Gasteiger partial charge in [0.25, 0.3) is 5.91 Å². The highest BCUT2D eigenvalue weighted by molar-refractivity contribution is 5.83. The zero-order valence-corrected chi connectivity index (χ0v) is 12.6. The normalized spacial score (nSPS) is 23.2. The molecule has 1 aliphatic heterocycles. The molecule has 0 radical (unpaired) electrons. The molecule has 0 aromatic heterocycles. The van der Waals surface area contributed by atoms with Gasteiger partial charge in [0.1, 0.15) is 6.10 Å². The number of carbonyl (C=O) groups excluding carboxylic acids is 1. The number of carbonyl (C=O) groups is 1. The van der Waals surface area contributed by atoms with Gasteiger partial charge in [0.15, 0.2) is 6.10 Å². The van der Waals surface area contributed by atoms with Crippen molar-refractivity contribution in [2.45, 2.75) is 76.6 Å². The van der Waals surface area contributed by atoms with Crippen molar-refractivity contribution in [3.63, 3.8) is 0 Å². The summed E-state index contributed by atoms with van der Waals surface area (Å²) in [7, 11) is 3.42. The highest BCUT2D eigenvalue weighted by Crippen LogP contribution is 2.29. The van der Waals surface area contributed by atoms with E-state index in [1.165, 1.54) is 43.4 Å². The molecule has 112 valence electrons. The Morgan fingerprint density at radius 3 is 2.32 bits per heavy atom. The zero-order valence-electron chi connectivity index (χ0n) is 12.6. The van der Waals surface area contributed by atoms with E-state index in [1.807, 2.05) is 0 Å². The molecule has 1 N–H and O–H groups in total. The number of rotatable bonds is 10. The maximum absolute atomic E-state index is 11.6. The lowest BCUT2D eigenvalue weighted by Gasteiger charge is -2.09. The summed E-state index contributed by atoms with van der Waals surface area (Å²) in [6, 6.07) is 0. The third kappa shape index (κ3) is 5.91. The number of epoxide rings is 1. The molecule has 0 saturated carbocycles. The Morgan fingerprint density at radius 2 is 1.74 bits per heavy atom. The summed E-state index contributed by atoms with van der Waals surface area (Å²) in [6.07, 6.45) is 8.25. The lowest BCUT2D eigenvalue weighted by Crippen LogP contribution is -2.30. The largest absolute Gasteiger partial charge is 0.390 e. The minimum Gasteiger partial charge on any atom is -0.390 e. The van der Waals surface area contributed by atoms with Gasteiger partial charge in [-0.3, -0.25) is 4.79 Å². The van der Waals surface area contributed by atoms with Crippen LogP contribution in [0.25, 0.3) is 0 Å². The lowest BCUT2D eigenvalue weighted by atomic mass is 10.0. The van der Waals surface area contributed by atoms with Crippen molar-refractivity contribution < 1.29 is 14.6 Å². The molecule has 0 aromatic rings. The van der Waals surface area contributed by atoms with Gasteiger partial charge in [0.2, 0.25) is 0 Å². The molecule has 4 nitrogen and oxygen atoms in total. The summed E-state index contributed by atoms with van der Waals surface area (Å²) in [5.41, 5.74) is 0. The molecule has 0 spiro atoms. The molecular formula is C15H29NO3. The maximum Gasteiger partial charge on any atom is 0.254 e. The van der Waals surface area contributed by atoms with Crippen LogP contribution in [0.5, 0.6) is 0 Å². The second-order valence-electron chi connectivity index (χ2n) is 5.73. The van der Waals surface area contributed by atoms with Crippen LogP contribution < -0.4 is 0 Å². The number of hydrogen-bond donors (Lipinski definition) is 1. The molecule has 1 aliphatic rings. The second kappa shape index (κ2) is 8.54. The maximum atomic E-state index is 11.6. The van der Waals surface area contributed by atoms with E-state index in [0.717, 1.165) is 12.8 Å². The van der Waals surface area contributed by atoms with E-state index < -0.39 is 12.2 Å². The fourth-order valence-electron chi connectivity index (χ4n) is 2.34. The SMILES string of the molecule is CCCCCCCCCC(O)[C@H]1O[C@H]1C(=O)N(C)C. The molecule has 1 rings (SSSR count). The first-order chi connectivity index (χ1) is 9.07. The van der Waals surface area contributed by atoms with Gasteiger partial charge < -0.3 is 14.7 Å². The minimum absolute atomic E-state index is 0.0383. The molecular weight excluding hydrogens is 242 g/mol. The van der Waals surface area contributed by atoms with Crippen molar-refractivity contribution in [2.75, 3.05) is 14.1 Å². The van der Waals surface area contributed by atoms with Gasteiger partial charge in [-0.1, -0.05) is 51.9 Å². The molecule has 1 amide bonds. The van der Waals surface area contributed by atoms with E-state index in [9.17, 15) is 9.90 Å². The van der Waals surface area contributed by atoms with Crippen LogP contribution in [0.3, 0.4) is 0 Å². The quantitative estimate of drug-likeness (QED) is 0.490. The molecule has 1 saturated heterocycles. The Kier molecular flexibility index (Phi) is 7.39. The minimum atomic E-state index is -0.482. The van der Waals surface area contributed by atoms with E-state index in [4.69, 9.17) is 4.74 Å². The molecule has 4 heteroatoms. The number of aliphatic hydroxyl groups is 1. The molecule has 1 fully saturated rings. The number of nitrogens with zero attached hydrogens (tertiary/aromatic N) is 1. The molecule has 3 atom stereocenters. The van der Waals surface area contributed by atoms with E-state index in [1.54, 1.807) is 14.1 Å². The Labute approximate surface area is 117 Å². The number of unbranched alkanes of at least 4 members (excludes halogenated alkanes) is 6. The number of amides is 1. The Bertz CT molecular complexity index is 268. The molecule has 19 heavy (non-hydrogen) atoms. The smallest absolute Gasteiger partial charge is 0.254 e. The van der Waals surface area contributed by atoms with Gasteiger partial charge in [-0.05, 0) is 6.42 Å². The summed E-state index contributed by atoms with van der Waals surface area (Å²) in [6.45, 7) is 2.22. The first kappa shape index (κ1) is 16.4. The fraction of sp³-hybridized carbons (Fsp3) is 0.933. The summed E-state index contributed by atoms with van der Waals surface area (Å²) in [5, 5.41) is 9.94. The van der Waals surface area contributed by atoms with Crippen molar-refractivity contribution in [3.05, 3.63) is 0 Å². The van der Waals surface area contributed by atoms with Crippen LogP contribution in [0.4, 0.5) is 0 Å². The summed E-state index contributed by atoms with van der Waals surface area (Å²) in [4.78, 5) is 13.1. The van der Waals surface area contributed by atoms with Crippen molar-refractivity contribution in [1.82, 2.24) is 4.90 Å². The van der Waals surface area contributed by atoms with Crippen molar-refractivity contribution in [3.8, 4) is 0 Å². The van der Waals surface area contributed by atoms with Crippen LogP contribution in [-0.4, -0.2) is 48.3 Å². The molecule has 0 aliphatic carbocycles. The van der Waals surface area contributed by atoms with Gasteiger partial charge in [-0.25, -0.2) is 0 Å². The standard InChI is InChI=1S/C15H29NO3/c1-4-5-6-7-8-9-10-11-12(17)13-14(19-13)15(18)16(2)3/h12-14,17H,4-11H2,1-3H3/t12?,13-,14-/m1/s1. The number of ether oxygens (including phenoxy) is 1. The van der Waals surface area contributed by atoms with Crippen LogP contribution in [0.1, 0.15) is 58.3 Å². The second-order valence-corrected chi connectivity index (χ2v) is 5.73. The van der Waals surface area contributed by atoms with Crippen LogP contribution in [0.15, 0.2) is 0 Å². The molecule has 0 bridgehead atoms. The lowest BCUT2D eigenvalue weighted by molar-refractivity contribution is -0.130. The van der Waals surface area contributed by atoms with Gasteiger partial charge in [-0.15, -0.1) is 0 Å². The monoisotopic (exact) mass is 271 g/mol. The third-order valence-corrected chi connectivity index (χ3v) is 3.69. The highest BCUT2D eigenvalue weighted by Gasteiger charge is 2.49. The van der Waals surface area contributed by atoms with Crippen LogP contribution in [0, 0.1) is 0 Å².